The average molecular weight is 420 g/mol. The van der Waals surface area contributed by atoms with Gasteiger partial charge in [-0.2, -0.15) is 9.50 Å². The predicted molar refractivity (Wildman–Crippen MR) is 119 cm³/mol. The summed E-state index contributed by atoms with van der Waals surface area (Å²) in [6, 6.07) is 15.2. The molecule has 0 radical (unpaired) electrons. The van der Waals surface area contributed by atoms with Crippen molar-refractivity contribution >= 4 is 17.4 Å². The normalized spacial score (nSPS) is 10.8. The van der Waals surface area contributed by atoms with Gasteiger partial charge < -0.3 is 20.1 Å². The molecule has 0 aliphatic carbocycles. The topological polar surface area (TPSA) is 106 Å². The van der Waals surface area contributed by atoms with Crippen LogP contribution in [0.15, 0.2) is 53.3 Å². The Morgan fingerprint density at radius 2 is 1.71 bits per heavy atom. The smallest absolute Gasteiger partial charge is 0.274 e. The molecule has 0 bridgehead atoms. The standard InChI is InChI=1S/C22H24N6O3/c1-14-4-7-16(8-5-14)23-13-17-11-20(29)28-22(25-17)26-21(27-28)24-12-15-6-9-18(30-2)19(10-15)31-3/h4-11,23H,12-13H2,1-3H3,(H2,24,25,26,27). The van der Waals surface area contributed by atoms with Crippen molar-refractivity contribution in [3.8, 4) is 11.5 Å². The number of hydrogen-bond donors (Lipinski definition) is 3. The highest BCUT2D eigenvalue weighted by Gasteiger charge is 2.09. The molecule has 2 aromatic carbocycles. The summed E-state index contributed by atoms with van der Waals surface area (Å²) in [5.41, 5.74) is 3.52. The summed E-state index contributed by atoms with van der Waals surface area (Å²) in [6.45, 7) is 2.95. The molecule has 0 spiro atoms. The van der Waals surface area contributed by atoms with E-state index in [4.69, 9.17) is 9.47 Å². The van der Waals surface area contributed by atoms with E-state index in [9.17, 15) is 4.79 Å². The number of benzene rings is 2. The number of anilines is 2. The first-order valence-corrected chi connectivity index (χ1v) is 9.80. The van der Waals surface area contributed by atoms with E-state index in [1.165, 1.54) is 16.1 Å². The molecule has 0 aliphatic rings. The van der Waals surface area contributed by atoms with E-state index < -0.39 is 0 Å². The predicted octanol–water partition coefficient (Wildman–Crippen LogP) is 2.97. The van der Waals surface area contributed by atoms with Crippen LogP contribution in [0, 0.1) is 6.92 Å². The van der Waals surface area contributed by atoms with Crippen molar-refractivity contribution in [1.29, 1.82) is 0 Å². The number of methoxy groups -OCH3 is 2. The third kappa shape index (κ3) is 4.61. The lowest BCUT2D eigenvalue weighted by atomic mass is 10.2. The zero-order chi connectivity index (χ0) is 21.8. The van der Waals surface area contributed by atoms with E-state index in [0.29, 0.717) is 42.0 Å². The number of rotatable bonds is 8. The lowest BCUT2D eigenvalue weighted by molar-refractivity contribution is 0.354. The second kappa shape index (κ2) is 8.78. The Balaban J connectivity index is 1.47. The maximum Gasteiger partial charge on any atom is 0.274 e. The number of aryl methyl sites for hydroxylation is 1. The van der Waals surface area contributed by atoms with Gasteiger partial charge in [0.05, 0.1) is 26.5 Å². The van der Waals surface area contributed by atoms with Gasteiger partial charge in [-0.05, 0) is 36.8 Å². The third-order valence-corrected chi connectivity index (χ3v) is 4.82. The van der Waals surface area contributed by atoms with Crippen LogP contribution in [0.5, 0.6) is 11.5 Å². The summed E-state index contributed by atoms with van der Waals surface area (Å²) < 4.78 is 11.9. The zero-order valence-corrected chi connectivity index (χ0v) is 17.6. The Morgan fingerprint density at radius 3 is 2.45 bits per heavy atom. The second-order valence-electron chi connectivity index (χ2n) is 7.06. The van der Waals surface area contributed by atoms with E-state index >= 15 is 0 Å². The van der Waals surface area contributed by atoms with Crippen molar-refractivity contribution in [2.45, 2.75) is 20.0 Å². The van der Waals surface area contributed by atoms with Crippen LogP contribution in [0.25, 0.3) is 5.78 Å². The Morgan fingerprint density at radius 1 is 0.935 bits per heavy atom. The average Bonchev–Trinajstić information content (AvgIpc) is 3.20. The van der Waals surface area contributed by atoms with Crippen molar-refractivity contribution in [2.75, 3.05) is 24.9 Å². The van der Waals surface area contributed by atoms with Crippen molar-refractivity contribution in [1.82, 2.24) is 19.6 Å². The minimum absolute atomic E-state index is 0.225. The van der Waals surface area contributed by atoms with E-state index in [1.807, 2.05) is 49.4 Å². The summed E-state index contributed by atoms with van der Waals surface area (Å²) in [4.78, 5) is 21.3. The highest BCUT2D eigenvalue weighted by Crippen LogP contribution is 2.27. The largest absolute Gasteiger partial charge is 0.493 e. The van der Waals surface area contributed by atoms with Gasteiger partial charge in [-0.15, -0.1) is 0 Å². The van der Waals surface area contributed by atoms with Crippen LogP contribution in [0.4, 0.5) is 11.6 Å². The second-order valence-corrected chi connectivity index (χ2v) is 7.06. The fraction of sp³-hybridized carbons (Fsp3) is 0.227. The summed E-state index contributed by atoms with van der Waals surface area (Å²) in [7, 11) is 3.19. The summed E-state index contributed by atoms with van der Waals surface area (Å²) in [6.07, 6.45) is 0. The summed E-state index contributed by atoms with van der Waals surface area (Å²) in [5.74, 6) is 2.07. The van der Waals surface area contributed by atoms with E-state index in [-0.39, 0.29) is 5.56 Å². The molecular formula is C22H24N6O3. The molecule has 0 atom stereocenters. The molecule has 9 nitrogen and oxygen atoms in total. The molecule has 0 saturated carbocycles. The number of nitrogens with one attached hydrogen (secondary N) is 3. The quantitative estimate of drug-likeness (QED) is 0.402. The Kier molecular flexibility index (Phi) is 5.74. The van der Waals surface area contributed by atoms with Crippen LogP contribution in [0.1, 0.15) is 16.8 Å². The van der Waals surface area contributed by atoms with Crippen LogP contribution in [0.3, 0.4) is 0 Å². The van der Waals surface area contributed by atoms with Crippen molar-refractivity contribution < 1.29 is 9.47 Å². The van der Waals surface area contributed by atoms with Crippen LogP contribution in [0.2, 0.25) is 0 Å². The SMILES string of the molecule is COc1ccc(CNc2nc3nc(CNc4ccc(C)cc4)cc(=O)n3[nH]2)cc1OC. The third-order valence-electron chi connectivity index (χ3n) is 4.82. The molecule has 0 aliphatic heterocycles. The van der Waals surface area contributed by atoms with Crippen molar-refractivity contribution in [2.24, 2.45) is 0 Å². The molecule has 160 valence electrons. The number of aromatic amines is 1. The van der Waals surface area contributed by atoms with E-state index in [1.54, 1.807) is 14.2 Å². The highest BCUT2D eigenvalue weighted by molar-refractivity contribution is 5.46. The fourth-order valence-corrected chi connectivity index (χ4v) is 3.14. The molecule has 0 saturated heterocycles. The molecule has 9 heteroatoms. The summed E-state index contributed by atoms with van der Waals surface area (Å²) >= 11 is 0. The van der Waals surface area contributed by atoms with Gasteiger partial charge in [-0.3, -0.25) is 9.89 Å². The van der Waals surface area contributed by atoms with Gasteiger partial charge in [0.2, 0.25) is 5.95 Å². The maximum absolute atomic E-state index is 12.5. The van der Waals surface area contributed by atoms with E-state index in [2.05, 4.69) is 25.7 Å². The van der Waals surface area contributed by atoms with Crippen LogP contribution in [-0.4, -0.2) is 33.8 Å². The number of H-pyrrole nitrogens is 1. The van der Waals surface area contributed by atoms with Crippen LogP contribution in [-0.2, 0) is 13.1 Å². The maximum atomic E-state index is 12.5. The first-order chi connectivity index (χ1) is 15.1. The molecule has 3 N–H and O–H groups in total. The molecule has 2 heterocycles. The van der Waals surface area contributed by atoms with Crippen molar-refractivity contribution in [3.63, 3.8) is 0 Å². The number of fused-ring (bicyclic) bond motifs is 1. The number of aromatic nitrogens is 4. The Labute approximate surface area is 179 Å². The number of ether oxygens (including phenoxy) is 2. The zero-order valence-electron chi connectivity index (χ0n) is 17.6. The van der Waals surface area contributed by atoms with Gasteiger partial charge in [-0.1, -0.05) is 23.8 Å². The first-order valence-electron chi connectivity index (χ1n) is 9.80. The van der Waals surface area contributed by atoms with Gasteiger partial charge >= 0.3 is 0 Å². The molecule has 2 aromatic heterocycles. The molecule has 4 aromatic rings. The Bertz CT molecular complexity index is 1250. The molecule has 0 fully saturated rings. The van der Waals surface area contributed by atoms with Gasteiger partial charge in [0.1, 0.15) is 0 Å². The lowest BCUT2D eigenvalue weighted by Gasteiger charge is -2.09. The number of nitrogens with zero attached hydrogens (tertiary/aromatic N) is 3. The van der Waals surface area contributed by atoms with Crippen LogP contribution < -0.4 is 25.7 Å². The minimum atomic E-state index is -0.225. The molecule has 4 rings (SSSR count). The fourth-order valence-electron chi connectivity index (χ4n) is 3.14. The minimum Gasteiger partial charge on any atom is -0.493 e. The molecule has 0 unspecified atom stereocenters. The van der Waals surface area contributed by atoms with Gasteiger partial charge in [0, 0.05) is 18.3 Å². The highest BCUT2D eigenvalue weighted by atomic mass is 16.5. The molecule has 0 amide bonds. The number of hydrogen-bond acceptors (Lipinski definition) is 7. The molecular weight excluding hydrogens is 396 g/mol. The lowest BCUT2D eigenvalue weighted by Crippen LogP contribution is -2.17. The Hall–Kier alpha value is -4.01. The van der Waals surface area contributed by atoms with Crippen LogP contribution >= 0.6 is 0 Å². The molecule has 31 heavy (non-hydrogen) atoms. The van der Waals surface area contributed by atoms with Crippen molar-refractivity contribution in [3.05, 3.63) is 75.7 Å². The van der Waals surface area contributed by atoms with Gasteiger partial charge in [0.25, 0.3) is 11.3 Å². The van der Waals surface area contributed by atoms with E-state index in [0.717, 1.165) is 11.3 Å². The van der Waals surface area contributed by atoms with Gasteiger partial charge in [0.15, 0.2) is 11.5 Å². The summed E-state index contributed by atoms with van der Waals surface area (Å²) in [5, 5.41) is 9.37. The first kappa shape index (κ1) is 20.3. The van der Waals surface area contributed by atoms with Gasteiger partial charge in [-0.25, -0.2) is 4.98 Å². The monoisotopic (exact) mass is 420 g/mol.